The number of β-amino-alcohol motifs (C(OH)–C–C–N with tert-alkyl or cyclic N) is 1. The highest BCUT2D eigenvalue weighted by atomic mass is 35.5. The quantitative estimate of drug-likeness (QED) is 0.904. The number of halogens is 4. The van der Waals surface area contributed by atoms with Gasteiger partial charge in [-0.1, -0.05) is 11.6 Å². The van der Waals surface area contributed by atoms with Crippen LogP contribution >= 0.6 is 11.6 Å². The summed E-state index contributed by atoms with van der Waals surface area (Å²) in [4.78, 5) is -0.844. The number of aliphatic hydroxyl groups is 1. The number of aliphatic hydroxyl groups excluding tert-OH is 1. The molecule has 2 rings (SSSR count). The van der Waals surface area contributed by atoms with Crippen LogP contribution in [0.5, 0.6) is 0 Å². The van der Waals surface area contributed by atoms with E-state index in [1.807, 2.05) is 0 Å². The third-order valence-electron chi connectivity index (χ3n) is 2.99. The van der Waals surface area contributed by atoms with Crippen molar-refractivity contribution in [1.29, 1.82) is 0 Å². The van der Waals surface area contributed by atoms with E-state index in [4.69, 9.17) is 11.6 Å². The van der Waals surface area contributed by atoms with Gasteiger partial charge in [-0.25, -0.2) is 8.42 Å². The summed E-state index contributed by atoms with van der Waals surface area (Å²) in [5.41, 5.74) is -1.30. The van der Waals surface area contributed by atoms with E-state index < -0.39 is 32.8 Å². The van der Waals surface area contributed by atoms with Gasteiger partial charge in [-0.15, -0.1) is 0 Å². The fourth-order valence-electron chi connectivity index (χ4n) is 2.02. The van der Waals surface area contributed by atoms with Crippen molar-refractivity contribution in [3.05, 3.63) is 28.8 Å². The summed E-state index contributed by atoms with van der Waals surface area (Å²) in [5.74, 6) is 0. The maximum absolute atomic E-state index is 12.9. The molecule has 1 saturated heterocycles. The van der Waals surface area contributed by atoms with Crippen LogP contribution in [0.25, 0.3) is 0 Å². The van der Waals surface area contributed by atoms with E-state index in [0.717, 1.165) is 16.4 Å². The lowest BCUT2D eigenvalue weighted by molar-refractivity contribution is -0.139. The minimum Gasteiger partial charge on any atom is -0.392 e. The SMILES string of the molecule is O=S(=O)(c1ccc(Cl)cc1C(F)(F)F)N1CC[C@@H](O)C1. The number of rotatable bonds is 2. The third kappa shape index (κ3) is 2.93. The van der Waals surface area contributed by atoms with Crippen LogP contribution in [0.2, 0.25) is 5.02 Å². The fraction of sp³-hybridized carbons (Fsp3) is 0.455. The van der Waals surface area contributed by atoms with Gasteiger partial charge in [0.25, 0.3) is 0 Å². The Balaban J connectivity index is 2.52. The van der Waals surface area contributed by atoms with Crippen LogP contribution in [-0.4, -0.2) is 37.0 Å². The number of hydrogen-bond donors (Lipinski definition) is 1. The lowest BCUT2D eigenvalue weighted by atomic mass is 10.2. The number of nitrogens with zero attached hydrogens (tertiary/aromatic N) is 1. The molecule has 0 spiro atoms. The summed E-state index contributed by atoms with van der Waals surface area (Å²) in [5, 5.41) is 9.14. The van der Waals surface area contributed by atoms with Gasteiger partial charge in [0.05, 0.1) is 16.6 Å². The Kier molecular flexibility index (Phi) is 4.03. The zero-order valence-electron chi connectivity index (χ0n) is 10.1. The maximum atomic E-state index is 12.9. The van der Waals surface area contributed by atoms with Gasteiger partial charge >= 0.3 is 6.18 Å². The zero-order valence-corrected chi connectivity index (χ0v) is 11.6. The van der Waals surface area contributed by atoms with Crippen molar-refractivity contribution in [2.24, 2.45) is 0 Å². The van der Waals surface area contributed by atoms with Gasteiger partial charge < -0.3 is 5.11 Å². The van der Waals surface area contributed by atoms with Gasteiger partial charge in [-0.3, -0.25) is 0 Å². The third-order valence-corrected chi connectivity index (χ3v) is 5.15. The van der Waals surface area contributed by atoms with Crippen molar-refractivity contribution in [3.8, 4) is 0 Å². The highest BCUT2D eigenvalue weighted by molar-refractivity contribution is 7.89. The predicted octanol–water partition coefficient (Wildman–Crippen LogP) is 2.11. The predicted molar refractivity (Wildman–Crippen MR) is 65.8 cm³/mol. The van der Waals surface area contributed by atoms with E-state index in [2.05, 4.69) is 0 Å². The molecular weight excluding hydrogens is 319 g/mol. The minimum absolute atomic E-state index is 0.0105. The summed E-state index contributed by atoms with van der Waals surface area (Å²) in [6.45, 7) is -0.217. The lowest BCUT2D eigenvalue weighted by Crippen LogP contribution is -2.31. The molecule has 1 aromatic rings. The van der Waals surface area contributed by atoms with Crippen LogP contribution in [0.15, 0.2) is 23.1 Å². The summed E-state index contributed by atoms with van der Waals surface area (Å²) in [7, 11) is -4.31. The van der Waals surface area contributed by atoms with E-state index in [9.17, 15) is 26.7 Å². The highest BCUT2D eigenvalue weighted by Gasteiger charge is 2.40. The highest BCUT2D eigenvalue weighted by Crippen LogP contribution is 2.37. The molecule has 0 aliphatic carbocycles. The molecule has 1 fully saturated rings. The Labute approximate surface area is 118 Å². The minimum atomic E-state index is -4.83. The molecule has 0 amide bonds. The molecule has 1 atom stereocenters. The number of alkyl halides is 3. The van der Waals surface area contributed by atoms with Gasteiger partial charge in [0.15, 0.2) is 0 Å². The van der Waals surface area contributed by atoms with Crippen molar-refractivity contribution in [3.63, 3.8) is 0 Å². The van der Waals surface area contributed by atoms with Crippen LogP contribution in [-0.2, 0) is 16.2 Å². The van der Waals surface area contributed by atoms with Crippen LogP contribution < -0.4 is 0 Å². The second-order valence-corrected chi connectivity index (χ2v) is 6.79. The molecule has 1 heterocycles. The molecule has 0 aromatic heterocycles. The van der Waals surface area contributed by atoms with Crippen molar-refractivity contribution in [2.75, 3.05) is 13.1 Å². The standard InChI is InChI=1S/C11H11ClF3NO3S/c12-7-1-2-10(9(5-7)11(13,14)15)20(18,19)16-4-3-8(17)6-16/h1-2,5,8,17H,3-4,6H2/t8-/m1/s1. The second-order valence-electron chi connectivity index (χ2n) is 4.44. The van der Waals surface area contributed by atoms with Gasteiger partial charge in [0, 0.05) is 18.1 Å². The molecular formula is C11H11ClF3NO3S. The Bertz CT molecular complexity index is 618. The van der Waals surface area contributed by atoms with Gasteiger partial charge in [0.2, 0.25) is 10.0 Å². The van der Waals surface area contributed by atoms with Crippen LogP contribution in [0.1, 0.15) is 12.0 Å². The summed E-state index contributed by atoms with van der Waals surface area (Å²) >= 11 is 5.51. The normalized spacial score (nSPS) is 21.4. The lowest BCUT2D eigenvalue weighted by Gasteiger charge is -2.19. The Morgan fingerprint density at radius 3 is 2.50 bits per heavy atom. The monoisotopic (exact) mass is 329 g/mol. The molecule has 1 aliphatic rings. The topological polar surface area (TPSA) is 57.6 Å². The Morgan fingerprint density at radius 1 is 1.35 bits per heavy atom. The van der Waals surface area contributed by atoms with Crippen molar-refractivity contribution >= 4 is 21.6 Å². The number of sulfonamides is 1. The van der Waals surface area contributed by atoms with Crippen LogP contribution in [0, 0.1) is 0 Å². The molecule has 0 radical (unpaired) electrons. The Morgan fingerprint density at radius 2 is 2.00 bits per heavy atom. The fourth-order valence-corrected chi connectivity index (χ4v) is 3.87. The molecule has 0 saturated carbocycles. The van der Waals surface area contributed by atoms with E-state index >= 15 is 0 Å². The molecule has 1 aromatic carbocycles. The first-order chi connectivity index (χ1) is 9.12. The van der Waals surface area contributed by atoms with Crippen molar-refractivity contribution in [2.45, 2.75) is 23.6 Å². The summed E-state index contributed by atoms with van der Waals surface area (Å²) in [6, 6.07) is 2.52. The summed E-state index contributed by atoms with van der Waals surface area (Å²) in [6.07, 6.45) is -5.48. The molecule has 0 bridgehead atoms. The zero-order chi connectivity index (χ0) is 15.1. The van der Waals surface area contributed by atoms with E-state index in [0.29, 0.717) is 6.07 Å². The van der Waals surface area contributed by atoms with Crippen LogP contribution in [0.4, 0.5) is 13.2 Å². The number of hydrogen-bond acceptors (Lipinski definition) is 3. The molecule has 112 valence electrons. The molecule has 9 heteroatoms. The van der Waals surface area contributed by atoms with Gasteiger partial charge in [0.1, 0.15) is 0 Å². The molecule has 4 nitrogen and oxygen atoms in total. The first-order valence-electron chi connectivity index (χ1n) is 5.67. The smallest absolute Gasteiger partial charge is 0.392 e. The Hall–Kier alpha value is -0.830. The van der Waals surface area contributed by atoms with Crippen molar-refractivity contribution < 1.29 is 26.7 Å². The maximum Gasteiger partial charge on any atom is 0.417 e. The molecule has 0 unspecified atom stereocenters. The first kappa shape index (κ1) is 15.6. The second kappa shape index (κ2) is 5.18. The molecule has 20 heavy (non-hydrogen) atoms. The van der Waals surface area contributed by atoms with Crippen LogP contribution in [0.3, 0.4) is 0 Å². The van der Waals surface area contributed by atoms with E-state index in [-0.39, 0.29) is 24.5 Å². The van der Waals surface area contributed by atoms with E-state index in [1.54, 1.807) is 0 Å². The van der Waals surface area contributed by atoms with Gasteiger partial charge in [-0.2, -0.15) is 17.5 Å². The number of benzene rings is 1. The molecule has 1 aliphatic heterocycles. The first-order valence-corrected chi connectivity index (χ1v) is 7.49. The average Bonchev–Trinajstić information content (AvgIpc) is 2.75. The summed E-state index contributed by atoms with van der Waals surface area (Å²) < 4.78 is 64.1. The largest absolute Gasteiger partial charge is 0.417 e. The van der Waals surface area contributed by atoms with E-state index in [1.165, 1.54) is 0 Å². The van der Waals surface area contributed by atoms with Crippen molar-refractivity contribution in [1.82, 2.24) is 4.31 Å². The average molecular weight is 330 g/mol. The van der Waals surface area contributed by atoms with Gasteiger partial charge in [-0.05, 0) is 24.6 Å². The molecule has 1 N–H and O–H groups in total.